The quantitative estimate of drug-likeness (QED) is 0.136. The van der Waals surface area contributed by atoms with E-state index in [1.807, 2.05) is 0 Å². The second-order valence-electron chi connectivity index (χ2n) is 15.4. The smallest absolute Gasteiger partial charge is 0.0919 e. The summed E-state index contributed by atoms with van der Waals surface area (Å²) in [5.74, 6) is 3.55. The molecule has 0 heterocycles. The van der Waals surface area contributed by atoms with Crippen LogP contribution in [0.2, 0.25) is 0 Å². The number of hydrogen-bond acceptors (Lipinski definition) is 4. The SMILES string of the molecule is CC(C)CCCC(C)[C@H]1CCC2C3=C[C@@H](NCCCCCCCCN)[C@@]4(O)C[C@@H](O)CC[C@]4(C)C3CC[C@@]21C. The maximum atomic E-state index is 12.4. The Balaban J connectivity index is 1.50. The molecular formula is C35H64N2O2. The Labute approximate surface area is 241 Å². The van der Waals surface area contributed by atoms with Crippen molar-refractivity contribution in [1.82, 2.24) is 5.32 Å². The minimum Gasteiger partial charge on any atom is -0.393 e. The number of fused-ring (bicyclic) bond motifs is 5. The molecule has 4 rings (SSSR count). The zero-order valence-electron chi connectivity index (χ0n) is 26.3. The number of unbranched alkanes of at least 4 members (excludes halogenated alkanes) is 5. The van der Waals surface area contributed by atoms with Gasteiger partial charge >= 0.3 is 0 Å². The summed E-state index contributed by atoms with van der Waals surface area (Å²) in [4.78, 5) is 0. The van der Waals surface area contributed by atoms with Gasteiger partial charge in [-0.3, -0.25) is 0 Å². The fraction of sp³-hybridized carbons (Fsp3) is 0.943. The van der Waals surface area contributed by atoms with Gasteiger partial charge in [0.05, 0.1) is 17.7 Å². The predicted molar refractivity (Wildman–Crippen MR) is 164 cm³/mol. The summed E-state index contributed by atoms with van der Waals surface area (Å²) in [7, 11) is 0. The van der Waals surface area contributed by atoms with Crippen LogP contribution in [0.1, 0.15) is 137 Å². The minimum absolute atomic E-state index is 0.0502. The highest BCUT2D eigenvalue weighted by Crippen LogP contribution is 2.67. The third-order valence-corrected chi connectivity index (χ3v) is 12.5. The van der Waals surface area contributed by atoms with E-state index in [0.29, 0.717) is 23.7 Å². The van der Waals surface area contributed by atoms with Gasteiger partial charge in [-0.05, 0) is 99.5 Å². The lowest BCUT2D eigenvalue weighted by atomic mass is 9.45. The van der Waals surface area contributed by atoms with Crippen molar-refractivity contribution < 1.29 is 10.2 Å². The molecule has 4 aliphatic rings. The first kappa shape index (κ1) is 31.5. The maximum Gasteiger partial charge on any atom is 0.0919 e. The lowest BCUT2D eigenvalue weighted by Crippen LogP contribution is -2.68. The largest absolute Gasteiger partial charge is 0.393 e. The van der Waals surface area contributed by atoms with Crippen LogP contribution >= 0.6 is 0 Å². The van der Waals surface area contributed by atoms with Crippen LogP contribution in [0.25, 0.3) is 0 Å². The van der Waals surface area contributed by atoms with Gasteiger partial charge in [-0.2, -0.15) is 0 Å². The Hall–Kier alpha value is -0.420. The highest BCUT2D eigenvalue weighted by Gasteiger charge is 2.64. The number of rotatable bonds is 14. The third kappa shape index (κ3) is 6.35. The lowest BCUT2D eigenvalue weighted by molar-refractivity contribution is -0.181. The monoisotopic (exact) mass is 544 g/mol. The van der Waals surface area contributed by atoms with E-state index in [1.54, 1.807) is 5.57 Å². The molecule has 0 aromatic heterocycles. The van der Waals surface area contributed by atoms with Crippen molar-refractivity contribution >= 4 is 0 Å². The van der Waals surface area contributed by atoms with E-state index < -0.39 is 5.60 Å². The van der Waals surface area contributed by atoms with Gasteiger partial charge < -0.3 is 21.3 Å². The molecule has 0 aromatic rings. The molecule has 226 valence electrons. The molecule has 0 aliphatic heterocycles. The molecule has 0 bridgehead atoms. The standard InChI is InChI=1S/C35H64N2O2/c1-25(2)13-12-14-26(3)29-15-16-30-28-23-32(37-22-11-9-7-6-8-10-21-36)35(39)24-27(38)17-20-34(35,5)31(28)18-19-33(29,30)4/h23,25-27,29-32,37-39H,6-22,24,36H2,1-5H3/t26?,27-,29+,30?,31?,32+,33+,34+,35-/m0/s1. The fourth-order valence-electron chi connectivity index (χ4n) is 10.1. The normalized spacial score (nSPS) is 40.6. The Bertz CT molecular complexity index is 812. The molecule has 0 saturated heterocycles. The average molecular weight is 545 g/mol. The summed E-state index contributed by atoms with van der Waals surface area (Å²) in [5.41, 5.74) is 6.70. The van der Waals surface area contributed by atoms with Crippen molar-refractivity contribution in [2.75, 3.05) is 13.1 Å². The molecule has 0 radical (unpaired) electrons. The van der Waals surface area contributed by atoms with Crippen LogP contribution in [0.4, 0.5) is 0 Å². The molecule has 0 aromatic carbocycles. The summed E-state index contributed by atoms with van der Waals surface area (Å²) >= 11 is 0. The number of allylic oxidation sites excluding steroid dienone is 1. The molecule has 39 heavy (non-hydrogen) atoms. The lowest BCUT2D eigenvalue weighted by Gasteiger charge is -2.63. The zero-order chi connectivity index (χ0) is 28.3. The molecule has 4 nitrogen and oxygen atoms in total. The first-order valence-corrected chi connectivity index (χ1v) is 17.1. The summed E-state index contributed by atoms with van der Waals surface area (Å²) in [6.07, 6.45) is 21.0. The van der Waals surface area contributed by atoms with Gasteiger partial charge in [-0.1, -0.05) is 91.2 Å². The van der Waals surface area contributed by atoms with Gasteiger partial charge in [-0.25, -0.2) is 0 Å². The highest BCUT2D eigenvalue weighted by atomic mass is 16.3. The van der Waals surface area contributed by atoms with E-state index in [0.717, 1.165) is 56.5 Å². The summed E-state index contributed by atoms with van der Waals surface area (Å²) < 4.78 is 0. The minimum atomic E-state index is -0.865. The average Bonchev–Trinajstić information content (AvgIpc) is 3.24. The van der Waals surface area contributed by atoms with Gasteiger partial charge in [0.25, 0.3) is 0 Å². The van der Waals surface area contributed by atoms with Crippen molar-refractivity contribution in [3.8, 4) is 0 Å². The first-order chi connectivity index (χ1) is 18.6. The van der Waals surface area contributed by atoms with Gasteiger partial charge in [0.1, 0.15) is 0 Å². The molecule has 3 unspecified atom stereocenters. The van der Waals surface area contributed by atoms with Crippen molar-refractivity contribution in [1.29, 1.82) is 0 Å². The first-order valence-electron chi connectivity index (χ1n) is 17.1. The summed E-state index contributed by atoms with van der Waals surface area (Å²) in [6.45, 7) is 14.0. The Morgan fingerprint density at radius 1 is 0.897 bits per heavy atom. The van der Waals surface area contributed by atoms with E-state index in [9.17, 15) is 10.2 Å². The van der Waals surface area contributed by atoms with Crippen molar-refractivity contribution in [2.24, 2.45) is 46.2 Å². The fourth-order valence-corrected chi connectivity index (χ4v) is 10.1. The van der Waals surface area contributed by atoms with Crippen LogP contribution in [0.5, 0.6) is 0 Å². The van der Waals surface area contributed by atoms with E-state index in [2.05, 4.69) is 46.0 Å². The highest BCUT2D eigenvalue weighted by molar-refractivity contribution is 5.34. The van der Waals surface area contributed by atoms with Gasteiger partial charge in [0.2, 0.25) is 0 Å². The van der Waals surface area contributed by atoms with Crippen LogP contribution in [-0.4, -0.2) is 41.0 Å². The van der Waals surface area contributed by atoms with Crippen molar-refractivity contribution in [3.63, 3.8) is 0 Å². The zero-order valence-corrected chi connectivity index (χ0v) is 26.3. The van der Waals surface area contributed by atoms with Crippen LogP contribution in [0, 0.1) is 40.4 Å². The molecule has 4 heteroatoms. The summed E-state index contributed by atoms with van der Waals surface area (Å²) in [6, 6.07) is -0.0502. The Morgan fingerprint density at radius 3 is 2.33 bits per heavy atom. The van der Waals surface area contributed by atoms with E-state index in [-0.39, 0.29) is 17.6 Å². The van der Waals surface area contributed by atoms with E-state index >= 15 is 0 Å². The van der Waals surface area contributed by atoms with Gasteiger partial charge in [0.15, 0.2) is 0 Å². The summed E-state index contributed by atoms with van der Waals surface area (Å²) in [5, 5.41) is 27.0. The third-order valence-electron chi connectivity index (χ3n) is 12.5. The molecule has 4 aliphatic carbocycles. The van der Waals surface area contributed by atoms with E-state index in [1.165, 1.54) is 70.6 Å². The number of hydrogen-bond donors (Lipinski definition) is 4. The van der Waals surface area contributed by atoms with Gasteiger partial charge in [-0.15, -0.1) is 0 Å². The molecular weight excluding hydrogens is 480 g/mol. The molecule has 3 fully saturated rings. The van der Waals surface area contributed by atoms with Gasteiger partial charge in [0, 0.05) is 11.8 Å². The van der Waals surface area contributed by atoms with Crippen molar-refractivity contribution in [3.05, 3.63) is 11.6 Å². The van der Waals surface area contributed by atoms with Crippen molar-refractivity contribution in [2.45, 2.75) is 155 Å². The van der Waals surface area contributed by atoms with Crippen LogP contribution in [0.3, 0.4) is 0 Å². The van der Waals surface area contributed by atoms with Crippen LogP contribution in [0.15, 0.2) is 11.6 Å². The second kappa shape index (κ2) is 13.3. The molecule has 3 saturated carbocycles. The van der Waals surface area contributed by atoms with Crippen LogP contribution in [-0.2, 0) is 0 Å². The predicted octanol–water partition coefficient (Wildman–Crippen LogP) is 7.37. The number of nitrogens with two attached hydrogens (primary N) is 1. The second-order valence-corrected chi connectivity index (χ2v) is 15.4. The Kier molecular flexibility index (Phi) is 10.7. The topological polar surface area (TPSA) is 78.5 Å². The molecule has 9 atom stereocenters. The maximum absolute atomic E-state index is 12.4. The molecule has 0 amide bonds. The number of aliphatic hydroxyl groups is 2. The van der Waals surface area contributed by atoms with E-state index in [4.69, 9.17) is 5.73 Å². The molecule has 5 N–H and O–H groups in total. The number of nitrogens with one attached hydrogen (secondary N) is 1. The number of aliphatic hydroxyl groups excluding tert-OH is 1. The molecule has 0 spiro atoms. The Morgan fingerprint density at radius 2 is 1.62 bits per heavy atom. The van der Waals surface area contributed by atoms with Crippen LogP contribution < -0.4 is 11.1 Å².